The van der Waals surface area contributed by atoms with Crippen molar-refractivity contribution in [2.45, 2.75) is 26.4 Å². The number of nitro benzene ring substituents is 1. The lowest BCUT2D eigenvalue weighted by Gasteiger charge is -2.15. The molecule has 0 fully saturated rings. The van der Waals surface area contributed by atoms with Crippen LogP contribution in [-0.4, -0.2) is 29.8 Å². The number of aliphatic hydroxyl groups is 1. The van der Waals surface area contributed by atoms with Gasteiger partial charge >= 0.3 is 5.69 Å². The summed E-state index contributed by atoms with van der Waals surface area (Å²) in [5.41, 5.74) is -0.367. The van der Waals surface area contributed by atoms with E-state index in [0.717, 1.165) is 6.07 Å². The summed E-state index contributed by atoms with van der Waals surface area (Å²) in [4.78, 5) is 10.0. The molecule has 0 aliphatic rings. The summed E-state index contributed by atoms with van der Waals surface area (Å²) < 4.78 is 18.6. The van der Waals surface area contributed by atoms with Crippen LogP contribution in [0.5, 0.6) is 5.75 Å². The van der Waals surface area contributed by atoms with Crippen LogP contribution in [0.2, 0.25) is 0 Å². The van der Waals surface area contributed by atoms with Crippen molar-refractivity contribution in [1.29, 1.82) is 0 Å². The Bertz CT molecular complexity index is 480. The van der Waals surface area contributed by atoms with E-state index in [1.807, 2.05) is 13.8 Å². The maximum atomic E-state index is 13.7. The average Bonchev–Trinajstić information content (AvgIpc) is 2.35. The topological polar surface area (TPSA) is 84.6 Å². The van der Waals surface area contributed by atoms with Crippen LogP contribution in [0.1, 0.15) is 20.3 Å². The Kier molecular flexibility index (Phi) is 5.69. The zero-order valence-electron chi connectivity index (χ0n) is 11.7. The van der Waals surface area contributed by atoms with Crippen LogP contribution in [0.4, 0.5) is 15.8 Å². The van der Waals surface area contributed by atoms with Gasteiger partial charge in [0.2, 0.25) is 0 Å². The first-order valence-electron chi connectivity index (χ1n) is 6.29. The summed E-state index contributed by atoms with van der Waals surface area (Å²) in [5.74, 6) is -0.463. The van der Waals surface area contributed by atoms with Gasteiger partial charge in [0, 0.05) is 12.6 Å². The second-order valence-corrected chi connectivity index (χ2v) is 4.93. The second kappa shape index (κ2) is 7.04. The minimum atomic E-state index is -0.755. The molecule has 0 bridgehead atoms. The van der Waals surface area contributed by atoms with E-state index in [9.17, 15) is 19.6 Å². The first-order chi connectivity index (χ1) is 9.35. The average molecular weight is 286 g/mol. The molecule has 0 saturated heterocycles. The second-order valence-electron chi connectivity index (χ2n) is 4.93. The fourth-order valence-corrected chi connectivity index (χ4v) is 1.84. The summed E-state index contributed by atoms with van der Waals surface area (Å²) in [5, 5.41) is 23.2. The van der Waals surface area contributed by atoms with E-state index in [0.29, 0.717) is 12.3 Å². The van der Waals surface area contributed by atoms with E-state index in [2.05, 4.69) is 5.32 Å². The van der Waals surface area contributed by atoms with Gasteiger partial charge in [0.25, 0.3) is 0 Å². The van der Waals surface area contributed by atoms with Crippen molar-refractivity contribution >= 4 is 11.4 Å². The molecule has 2 N–H and O–H groups in total. The molecule has 0 radical (unpaired) electrons. The zero-order valence-corrected chi connectivity index (χ0v) is 11.7. The molecule has 0 amide bonds. The summed E-state index contributed by atoms with van der Waals surface area (Å²) >= 11 is 0. The lowest BCUT2D eigenvalue weighted by Crippen LogP contribution is -2.21. The normalized spacial score (nSPS) is 12.3. The molecule has 0 heterocycles. The Hall–Kier alpha value is -1.89. The van der Waals surface area contributed by atoms with Crippen LogP contribution in [0.25, 0.3) is 0 Å². The number of ether oxygens (including phenoxy) is 1. The van der Waals surface area contributed by atoms with Gasteiger partial charge in [-0.3, -0.25) is 10.1 Å². The van der Waals surface area contributed by atoms with Crippen molar-refractivity contribution < 1.29 is 19.2 Å². The molecule has 0 spiro atoms. The van der Waals surface area contributed by atoms with Gasteiger partial charge in [-0.1, -0.05) is 13.8 Å². The number of anilines is 1. The molecule has 0 aromatic heterocycles. The molecule has 1 aromatic rings. The fourth-order valence-electron chi connectivity index (χ4n) is 1.84. The number of benzene rings is 1. The van der Waals surface area contributed by atoms with Gasteiger partial charge in [-0.05, 0) is 12.3 Å². The Morgan fingerprint density at radius 3 is 2.65 bits per heavy atom. The Balaban J connectivity index is 2.83. The van der Waals surface area contributed by atoms with Crippen molar-refractivity contribution in [2.24, 2.45) is 5.92 Å². The minimum absolute atomic E-state index is 0.0303. The maximum absolute atomic E-state index is 13.7. The first kappa shape index (κ1) is 16.2. The molecule has 0 aliphatic carbocycles. The number of nitrogens with one attached hydrogen (secondary N) is 1. The number of nitro groups is 1. The zero-order chi connectivity index (χ0) is 15.3. The number of nitrogens with zero attached hydrogens (tertiary/aromatic N) is 1. The summed E-state index contributed by atoms with van der Waals surface area (Å²) in [7, 11) is 1.28. The van der Waals surface area contributed by atoms with Crippen molar-refractivity contribution in [3.05, 3.63) is 28.1 Å². The standard InChI is InChI=1S/C13H19FN2O4/c1-8(2)4-9(17)7-15-11-6-13(20-3)12(16(18)19)5-10(11)14/h5-6,8-9,15,17H,4,7H2,1-3H3. The molecule has 20 heavy (non-hydrogen) atoms. The summed E-state index contributed by atoms with van der Waals surface area (Å²) in [6, 6.07) is 2.02. The smallest absolute Gasteiger partial charge is 0.313 e. The van der Waals surface area contributed by atoms with Gasteiger partial charge in [-0.2, -0.15) is 0 Å². The largest absolute Gasteiger partial charge is 0.490 e. The van der Waals surface area contributed by atoms with E-state index < -0.39 is 22.5 Å². The molecule has 6 nitrogen and oxygen atoms in total. The SMILES string of the molecule is COc1cc(NCC(O)CC(C)C)c(F)cc1[N+](=O)[O-]. The number of hydrogen-bond donors (Lipinski definition) is 2. The highest BCUT2D eigenvalue weighted by Crippen LogP contribution is 2.32. The monoisotopic (exact) mass is 286 g/mol. The van der Waals surface area contributed by atoms with Crippen LogP contribution in [-0.2, 0) is 0 Å². The van der Waals surface area contributed by atoms with E-state index in [1.165, 1.54) is 13.2 Å². The predicted octanol–water partition coefficient (Wildman–Crippen LogP) is 2.56. The lowest BCUT2D eigenvalue weighted by atomic mass is 10.1. The molecule has 1 unspecified atom stereocenters. The summed E-state index contributed by atoms with van der Waals surface area (Å²) in [6.45, 7) is 4.10. The van der Waals surface area contributed by atoms with Crippen LogP contribution in [0.15, 0.2) is 12.1 Å². The van der Waals surface area contributed by atoms with E-state index in [1.54, 1.807) is 0 Å². The third-order valence-electron chi connectivity index (χ3n) is 2.74. The first-order valence-corrected chi connectivity index (χ1v) is 6.29. The van der Waals surface area contributed by atoms with Crippen molar-refractivity contribution in [3.8, 4) is 5.75 Å². The van der Waals surface area contributed by atoms with Gasteiger partial charge in [0.15, 0.2) is 11.6 Å². The number of hydrogen-bond acceptors (Lipinski definition) is 5. The molecule has 1 aromatic carbocycles. The molecule has 112 valence electrons. The molecular weight excluding hydrogens is 267 g/mol. The van der Waals surface area contributed by atoms with E-state index in [4.69, 9.17) is 4.74 Å². The Morgan fingerprint density at radius 2 is 2.15 bits per heavy atom. The van der Waals surface area contributed by atoms with Gasteiger partial charge in [-0.15, -0.1) is 0 Å². The molecule has 1 rings (SSSR count). The number of halogens is 1. The highest BCUT2D eigenvalue weighted by Gasteiger charge is 2.19. The molecule has 7 heteroatoms. The van der Waals surface area contributed by atoms with Crippen LogP contribution in [0.3, 0.4) is 0 Å². The maximum Gasteiger partial charge on any atom is 0.313 e. The Morgan fingerprint density at radius 1 is 1.50 bits per heavy atom. The van der Waals surface area contributed by atoms with Gasteiger partial charge in [-0.25, -0.2) is 4.39 Å². The van der Waals surface area contributed by atoms with Gasteiger partial charge in [0.05, 0.1) is 29.9 Å². The van der Waals surface area contributed by atoms with Crippen LogP contribution < -0.4 is 10.1 Å². The van der Waals surface area contributed by atoms with Crippen LogP contribution in [0, 0.1) is 21.8 Å². The predicted molar refractivity (Wildman–Crippen MR) is 73.6 cm³/mol. The van der Waals surface area contributed by atoms with Crippen molar-refractivity contribution in [2.75, 3.05) is 19.0 Å². The lowest BCUT2D eigenvalue weighted by molar-refractivity contribution is -0.385. The molecular formula is C13H19FN2O4. The van der Waals surface area contributed by atoms with E-state index in [-0.39, 0.29) is 18.0 Å². The third-order valence-corrected chi connectivity index (χ3v) is 2.74. The van der Waals surface area contributed by atoms with Crippen LogP contribution >= 0.6 is 0 Å². The Labute approximate surface area is 116 Å². The molecule has 0 aliphatic heterocycles. The van der Waals surface area contributed by atoms with Crippen molar-refractivity contribution in [1.82, 2.24) is 0 Å². The highest BCUT2D eigenvalue weighted by molar-refractivity contribution is 5.59. The number of methoxy groups -OCH3 is 1. The van der Waals surface area contributed by atoms with Gasteiger partial charge < -0.3 is 15.2 Å². The van der Waals surface area contributed by atoms with Crippen molar-refractivity contribution in [3.63, 3.8) is 0 Å². The molecule has 0 saturated carbocycles. The fraction of sp³-hybridized carbons (Fsp3) is 0.538. The van der Waals surface area contributed by atoms with Gasteiger partial charge in [0.1, 0.15) is 0 Å². The molecule has 1 atom stereocenters. The number of aliphatic hydroxyl groups excluding tert-OH is 1. The third kappa shape index (κ3) is 4.34. The number of rotatable bonds is 7. The van der Waals surface area contributed by atoms with E-state index >= 15 is 0 Å². The minimum Gasteiger partial charge on any atom is -0.490 e. The quantitative estimate of drug-likeness (QED) is 0.594. The summed E-state index contributed by atoms with van der Waals surface area (Å²) in [6.07, 6.45) is -0.0331. The highest BCUT2D eigenvalue weighted by atomic mass is 19.1.